The van der Waals surface area contributed by atoms with E-state index in [0.717, 1.165) is 59.5 Å². The van der Waals surface area contributed by atoms with Crippen molar-refractivity contribution in [3.63, 3.8) is 0 Å². The average Bonchev–Trinajstić information content (AvgIpc) is 3.44. The molecule has 0 fully saturated rings. The fraction of sp³-hybridized carbons (Fsp3) is 0.269. The number of hydrogen-bond donors (Lipinski definition) is 2. The Morgan fingerprint density at radius 2 is 2.09 bits per heavy atom. The molecular weight excluding hydrogens is 400 g/mol. The summed E-state index contributed by atoms with van der Waals surface area (Å²) in [6.45, 7) is 0.486. The van der Waals surface area contributed by atoms with Crippen molar-refractivity contribution in [1.29, 1.82) is 0 Å². The molecule has 2 aliphatic rings. The number of hydrogen-bond acceptors (Lipinski definition) is 4. The van der Waals surface area contributed by atoms with Crippen LogP contribution in [0.3, 0.4) is 0 Å². The molecule has 0 saturated carbocycles. The third kappa shape index (κ3) is 3.23. The van der Waals surface area contributed by atoms with Crippen LogP contribution in [-0.4, -0.2) is 33.5 Å². The number of amides is 1. The summed E-state index contributed by atoms with van der Waals surface area (Å²) in [5.74, 6) is 0.791. The number of aromatic amines is 1. The molecule has 1 aliphatic carbocycles. The molecule has 2 aromatic carbocycles. The summed E-state index contributed by atoms with van der Waals surface area (Å²) in [5, 5.41) is 4.40. The van der Waals surface area contributed by atoms with Gasteiger partial charge in [0.2, 0.25) is 5.91 Å². The van der Waals surface area contributed by atoms with Crippen molar-refractivity contribution in [3.05, 3.63) is 77.9 Å². The normalized spacial score (nSPS) is 19.2. The lowest BCUT2D eigenvalue weighted by Gasteiger charge is -2.23. The molecule has 0 saturated heterocycles. The average molecular weight is 425 g/mol. The number of nitrogens with one attached hydrogen (secondary N) is 2. The number of aryl methyl sites for hydroxylation is 1. The maximum atomic E-state index is 13.2. The highest BCUT2D eigenvalue weighted by atomic mass is 16.5. The van der Waals surface area contributed by atoms with Crippen LogP contribution in [0.25, 0.3) is 22.2 Å². The summed E-state index contributed by atoms with van der Waals surface area (Å²) < 4.78 is 6.26. The molecule has 3 heterocycles. The predicted molar refractivity (Wildman–Crippen MR) is 123 cm³/mol. The Kier molecular flexibility index (Phi) is 4.63. The predicted octanol–water partition coefficient (Wildman–Crippen LogP) is 4.16. The van der Waals surface area contributed by atoms with Crippen LogP contribution in [0.2, 0.25) is 0 Å². The molecule has 32 heavy (non-hydrogen) atoms. The van der Waals surface area contributed by atoms with Crippen molar-refractivity contribution in [1.82, 2.24) is 20.3 Å². The lowest BCUT2D eigenvalue weighted by molar-refractivity contribution is -0.123. The van der Waals surface area contributed by atoms with Crippen LogP contribution in [0.1, 0.15) is 35.6 Å². The van der Waals surface area contributed by atoms with Crippen molar-refractivity contribution < 1.29 is 9.53 Å². The molecule has 2 aromatic heterocycles. The van der Waals surface area contributed by atoms with Gasteiger partial charge in [0.1, 0.15) is 11.9 Å². The number of carbonyl (C=O) groups excluding carboxylic acids is 1. The summed E-state index contributed by atoms with van der Waals surface area (Å²) in [6, 6.07) is 14.4. The van der Waals surface area contributed by atoms with Crippen molar-refractivity contribution >= 4 is 16.8 Å². The molecular formula is C26H24N4O2. The van der Waals surface area contributed by atoms with Gasteiger partial charge in [0.05, 0.1) is 24.4 Å². The summed E-state index contributed by atoms with van der Waals surface area (Å²) in [4.78, 5) is 25.2. The second kappa shape index (κ2) is 7.79. The van der Waals surface area contributed by atoms with Crippen molar-refractivity contribution in [2.45, 2.75) is 37.7 Å². The molecule has 0 bridgehead atoms. The van der Waals surface area contributed by atoms with E-state index in [9.17, 15) is 4.79 Å². The van der Waals surface area contributed by atoms with Crippen LogP contribution in [-0.2, 0) is 17.6 Å². The molecule has 0 unspecified atom stereocenters. The van der Waals surface area contributed by atoms with Gasteiger partial charge in [-0.25, -0.2) is 0 Å². The fourth-order valence-corrected chi connectivity index (χ4v) is 5.11. The van der Waals surface area contributed by atoms with Gasteiger partial charge >= 0.3 is 0 Å². The number of carbonyl (C=O) groups is 1. The molecule has 6 rings (SSSR count). The van der Waals surface area contributed by atoms with Gasteiger partial charge in [-0.3, -0.25) is 14.8 Å². The summed E-state index contributed by atoms with van der Waals surface area (Å²) >= 11 is 0. The van der Waals surface area contributed by atoms with Gasteiger partial charge in [-0.1, -0.05) is 30.3 Å². The van der Waals surface area contributed by atoms with Crippen LogP contribution < -0.4 is 10.1 Å². The standard InChI is InChI=1S/C26H24N4O2/c31-26(21-9-4-7-19-18-6-1-2-10-22(18)30-24(19)21)29-14-17-13-16-5-3-8-20(25(16)32-17)23-15-27-11-12-28-23/h1-3,5-6,8,10-12,15,17,21,30H,4,7,9,13-14H2,(H,29,31)/t17-,21+/m1/s1. The maximum absolute atomic E-state index is 13.2. The fourth-order valence-electron chi connectivity index (χ4n) is 5.11. The minimum Gasteiger partial charge on any atom is -0.487 e. The first-order valence-electron chi connectivity index (χ1n) is 11.2. The topological polar surface area (TPSA) is 79.9 Å². The van der Waals surface area contributed by atoms with Crippen molar-refractivity contribution in [2.24, 2.45) is 0 Å². The van der Waals surface area contributed by atoms with Crippen LogP contribution in [0.15, 0.2) is 61.1 Å². The van der Waals surface area contributed by atoms with Gasteiger partial charge in [-0.2, -0.15) is 0 Å². The van der Waals surface area contributed by atoms with E-state index in [1.54, 1.807) is 18.6 Å². The minimum atomic E-state index is -0.134. The monoisotopic (exact) mass is 424 g/mol. The highest BCUT2D eigenvalue weighted by Gasteiger charge is 2.31. The number of H-pyrrole nitrogens is 1. The Bertz CT molecular complexity index is 1300. The molecule has 0 spiro atoms. The number of ether oxygens (including phenoxy) is 1. The zero-order chi connectivity index (χ0) is 21.5. The first-order valence-corrected chi connectivity index (χ1v) is 11.2. The Hall–Kier alpha value is -3.67. The molecule has 1 amide bonds. The van der Waals surface area contributed by atoms with E-state index in [4.69, 9.17) is 4.74 Å². The van der Waals surface area contributed by atoms with Crippen LogP contribution in [0.5, 0.6) is 5.75 Å². The van der Waals surface area contributed by atoms with Gasteiger partial charge in [0.25, 0.3) is 0 Å². The highest BCUT2D eigenvalue weighted by Crippen LogP contribution is 2.38. The number of para-hydroxylation sites is 2. The van der Waals surface area contributed by atoms with Crippen LogP contribution >= 0.6 is 0 Å². The van der Waals surface area contributed by atoms with Gasteiger partial charge in [0.15, 0.2) is 0 Å². The lowest BCUT2D eigenvalue weighted by Crippen LogP contribution is -2.38. The molecule has 1 aliphatic heterocycles. The van der Waals surface area contributed by atoms with Crippen molar-refractivity contribution in [2.75, 3.05) is 6.54 Å². The molecule has 0 radical (unpaired) electrons. The second-order valence-corrected chi connectivity index (χ2v) is 8.58. The van der Waals surface area contributed by atoms with E-state index in [2.05, 4.69) is 44.5 Å². The van der Waals surface area contributed by atoms with E-state index in [-0.39, 0.29) is 17.9 Å². The molecule has 160 valence electrons. The van der Waals surface area contributed by atoms with Crippen LogP contribution in [0.4, 0.5) is 0 Å². The summed E-state index contributed by atoms with van der Waals surface area (Å²) in [7, 11) is 0. The molecule has 4 aromatic rings. The van der Waals surface area contributed by atoms with Crippen molar-refractivity contribution in [3.8, 4) is 17.0 Å². The zero-order valence-corrected chi connectivity index (χ0v) is 17.7. The number of fused-ring (bicyclic) bond motifs is 4. The zero-order valence-electron chi connectivity index (χ0n) is 17.7. The SMILES string of the molecule is O=C(NC[C@H]1Cc2cccc(-c3cnccn3)c2O1)[C@H]1CCCc2c1[nH]c1ccccc21. The Morgan fingerprint density at radius 1 is 1.16 bits per heavy atom. The van der Waals surface area contributed by atoms with E-state index in [0.29, 0.717) is 6.54 Å². The number of rotatable bonds is 4. The lowest BCUT2D eigenvalue weighted by atomic mass is 9.86. The third-order valence-electron chi connectivity index (χ3n) is 6.60. The van der Waals surface area contributed by atoms with Gasteiger partial charge < -0.3 is 15.0 Å². The van der Waals surface area contributed by atoms with E-state index in [1.807, 2.05) is 18.2 Å². The first kappa shape index (κ1) is 19.0. The largest absolute Gasteiger partial charge is 0.487 e. The summed E-state index contributed by atoms with van der Waals surface area (Å²) in [5.41, 5.74) is 6.37. The smallest absolute Gasteiger partial charge is 0.229 e. The highest BCUT2D eigenvalue weighted by molar-refractivity contribution is 5.90. The Labute approximate surface area is 186 Å². The summed E-state index contributed by atoms with van der Waals surface area (Å²) in [6.07, 6.45) is 8.70. The van der Waals surface area contributed by atoms with E-state index < -0.39 is 0 Å². The van der Waals surface area contributed by atoms with E-state index in [1.165, 1.54) is 10.9 Å². The maximum Gasteiger partial charge on any atom is 0.229 e. The van der Waals surface area contributed by atoms with E-state index >= 15 is 0 Å². The van der Waals surface area contributed by atoms with Gasteiger partial charge in [-0.15, -0.1) is 0 Å². The third-order valence-corrected chi connectivity index (χ3v) is 6.60. The number of nitrogens with zero attached hydrogens (tertiary/aromatic N) is 2. The first-order chi connectivity index (χ1) is 15.8. The molecule has 6 nitrogen and oxygen atoms in total. The Morgan fingerprint density at radius 3 is 3.00 bits per heavy atom. The van der Waals surface area contributed by atoms with Gasteiger partial charge in [-0.05, 0) is 42.5 Å². The number of aromatic nitrogens is 3. The Balaban J connectivity index is 1.17. The number of benzene rings is 2. The quantitative estimate of drug-likeness (QED) is 0.515. The second-order valence-electron chi connectivity index (χ2n) is 8.58. The molecule has 6 heteroatoms. The minimum absolute atomic E-state index is 0.0752. The van der Waals surface area contributed by atoms with Crippen LogP contribution in [0, 0.1) is 0 Å². The van der Waals surface area contributed by atoms with Gasteiger partial charge in [0, 0.05) is 41.0 Å². The molecule has 2 N–H and O–H groups in total. The molecule has 2 atom stereocenters.